The SMILES string of the molecule is CCC(CC)C(=O)N[C@H](C(=O)N[C@@H](CC(=O)N1CCCC1)C(=O)N[C@@H](CC(=O)O)C(=O)N[C@H](CO)CC(C)C)C(C)(C)C. The number of aliphatic carboxylic acids is 1. The van der Waals surface area contributed by atoms with Gasteiger partial charge in [0.1, 0.15) is 18.1 Å². The van der Waals surface area contributed by atoms with Gasteiger partial charge in [-0.2, -0.15) is 0 Å². The summed E-state index contributed by atoms with van der Waals surface area (Å²) in [6.45, 7) is 13.5. The number of aliphatic hydroxyl groups excluding tert-OH is 1. The van der Waals surface area contributed by atoms with Gasteiger partial charge in [-0.3, -0.25) is 28.8 Å². The van der Waals surface area contributed by atoms with Gasteiger partial charge in [0.05, 0.1) is 25.5 Å². The lowest BCUT2D eigenvalue weighted by Crippen LogP contribution is -2.60. The highest BCUT2D eigenvalue weighted by atomic mass is 16.4. The summed E-state index contributed by atoms with van der Waals surface area (Å²) in [5.74, 6) is -4.60. The molecule has 0 aromatic heterocycles. The Hall–Kier alpha value is -3.22. The van der Waals surface area contributed by atoms with Gasteiger partial charge < -0.3 is 36.4 Å². The second-order valence-electron chi connectivity index (χ2n) is 12.9. The zero-order valence-corrected chi connectivity index (χ0v) is 26.8. The number of rotatable bonds is 17. The molecule has 0 saturated carbocycles. The average molecular weight is 612 g/mol. The van der Waals surface area contributed by atoms with E-state index in [0.717, 1.165) is 12.8 Å². The molecule has 13 nitrogen and oxygen atoms in total. The molecule has 43 heavy (non-hydrogen) atoms. The Morgan fingerprint density at radius 2 is 1.28 bits per heavy atom. The predicted molar refractivity (Wildman–Crippen MR) is 160 cm³/mol. The number of aliphatic hydroxyl groups is 1. The first kappa shape index (κ1) is 37.8. The third-order valence-corrected chi connectivity index (χ3v) is 7.58. The number of carbonyl (C=O) groups excluding carboxylic acids is 5. The normalized spacial score (nSPS) is 16.3. The van der Waals surface area contributed by atoms with Crippen LogP contribution in [0.5, 0.6) is 0 Å². The summed E-state index contributed by atoms with van der Waals surface area (Å²) in [6, 6.07) is -4.67. The van der Waals surface area contributed by atoms with Crippen molar-refractivity contribution in [3.05, 3.63) is 0 Å². The molecule has 246 valence electrons. The van der Waals surface area contributed by atoms with E-state index in [1.165, 1.54) is 0 Å². The molecule has 1 fully saturated rings. The highest BCUT2D eigenvalue weighted by molar-refractivity contribution is 5.97. The summed E-state index contributed by atoms with van der Waals surface area (Å²) in [4.78, 5) is 79.3. The topological polar surface area (TPSA) is 194 Å². The van der Waals surface area contributed by atoms with Crippen molar-refractivity contribution >= 4 is 35.5 Å². The maximum Gasteiger partial charge on any atom is 0.305 e. The zero-order chi connectivity index (χ0) is 32.9. The first-order chi connectivity index (χ1) is 20.0. The van der Waals surface area contributed by atoms with E-state index < -0.39 is 66.1 Å². The third kappa shape index (κ3) is 12.9. The van der Waals surface area contributed by atoms with Crippen molar-refractivity contribution < 1.29 is 39.0 Å². The number of carboxylic acids is 1. The van der Waals surface area contributed by atoms with E-state index in [1.54, 1.807) is 25.7 Å². The van der Waals surface area contributed by atoms with Crippen LogP contribution in [0.2, 0.25) is 0 Å². The molecule has 13 heteroatoms. The number of hydrogen-bond donors (Lipinski definition) is 6. The maximum atomic E-state index is 13.6. The van der Waals surface area contributed by atoms with Gasteiger partial charge in [-0.1, -0.05) is 48.5 Å². The smallest absolute Gasteiger partial charge is 0.305 e. The van der Waals surface area contributed by atoms with Crippen LogP contribution in [0.4, 0.5) is 0 Å². The van der Waals surface area contributed by atoms with Gasteiger partial charge in [0.15, 0.2) is 0 Å². The van der Waals surface area contributed by atoms with Crippen molar-refractivity contribution in [2.24, 2.45) is 17.3 Å². The summed E-state index contributed by atoms with van der Waals surface area (Å²) in [7, 11) is 0. The Kier molecular flexibility index (Phi) is 15.6. The summed E-state index contributed by atoms with van der Waals surface area (Å²) in [6.07, 6.45) is 2.04. The standard InChI is InChI=1S/C30H53N5O8/c1-8-19(9-2)26(40)34-25(30(5,6)7)29(43)33-21(15-23(37)35-12-10-11-13-35)28(42)32-22(16-24(38)39)27(41)31-20(17-36)14-18(3)4/h18-22,25,36H,8-17H2,1-7H3,(H,31,41)(H,32,42)(H,33,43)(H,34,40)(H,38,39)/t20-,21-,22-,25+/m0/s1. The second kappa shape index (κ2) is 17.8. The second-order valence-corrected chi connectivity index (χ2v) is 12.9. The van der Waals surface area contributed by atoms with Gasteiger partial charge in [-0.15, -0.1) is 0 Å². The fourth-order valence-electron chi connectivity index (χ4n) is 5.04. The average Bonchev–Trinajstić information content (AvgIpc) is 3.45. The Morgan fingerprint density at radius 1 is 0.767 bits per heavy atom. The van der Waals surface area contributed by atoms with Gasteiger partial charge in [-0.25, -0.2) is 0 Å². The van der Waals surface area contributed by atoms with Crippen molar-refractivity contribution in [3.63, 3.8) is 0 Å². The van der Waals surface area contributed by atoms with Crippen molar-refractivity contribution in [2.45, 2.75) is 118 Å². The lowest BCUT2D eigenvalue weighted by Gasteiger charge is -2.33. The molecule has 0 radical (unpaired) electrons. The van der Waals surface area contributed by atoms with Crippen LogP contribution in [0.3, 0.4) is 0 Å². The van der Waals surface area contributed by atoms with Gasteiger partial charge in [0.25, 0.3) is 0 Å². The highest BCUT2D eigenvalue weighted by Gasteiger charge is 2.38. The molecular weight excluding hydrogens is 558 g/mol. The molecule has 0 bridgehead atoms. The molecule has 5 amide bonds. The van der Waals surface area contributed by atoms with E-state index in [-0.39, 0.29) is 30.3 Å². The lowest BCUT2D eigenvalue weighted by molar-refractivity contribution is -0.142. The minimum Gasteiger partial charge on any atom is -0.481 e. The van der Waals surface area contributed by atoms with E-state index in [2.05, 4.69) is 21.3 Å². The first-order valence-electron chi connectivity index (χ1n) is 15.4. The highest BCUT2D eigenvalue weighted by Crippen LogP contribution is 2.21. The van der Waals surface area contributed by atoms with Crippen LogP contribution in [-0.4, -0.2) is 94.5 Å². The molecule has 0 spiro atoms. The van der Waals surface area contributed by atoms with E-state index >= 15 is 0 Å². The number of nitrogens with one attached hydrogen (secondary N) is 4. The Bertz CT molecular complexity index is 970. The third-order valence-electron chi connectivity index (χ3n) is 7.58. The number of hydrogen-bond acceptors (Lipinski definition) is 7. The number of amides is 5. The monoisotopic (exact) mass is 611 g/mol. The minimum absolute atomic E-state index is 0.127. The van der Waals surface area contributed by atoms with Crippen LogP contribution < -0.4 is 21.3 Å². The number of carbonyl (C=O) groups is 6. The fourth-order valence-corrected chi connectivity index (χ4v) is 5.04. The minimum atomic E-state index is -1.53. The van der Waals surface area contributed by atoms with Gasteiger partial charge in [0.2, 0.25) is 29.5 Å². The molecule has 0 aromatic rings. The van der Waals surface area contributed by atoms with Crippen LogP contribution in [0.25, 0.3) is 0 Å². The molecule has 1 rings (SSSR count). The van der Waals surface area contributed by atoms with Crippen LogP contribution in [0, 0.1) is 17.3 Å². The van der Waals surface area contributed by atoms with Crippen molar-refractivity contribution in [1.29, 1.82) is 0 Å². The molecule has 6 N–H and O–H groups in total. The molecule has 1 aliphatic heterocycles. The summed E-state index contributed by atoms with van der Waals surface area (Å²) in [5, 5.41) is 29.5. The summed E-state index contributed by atoms with van der Waals surface area (Å²) >= 11 is 0. The molecule has 1 heterocycles. The first-order valence-corrected chi connectivity index (χ1v) is 15.4. The lowest BCUT2D eigenvalue weighted by atomic mass is 9.85. The van der Waals surface area contributed by atoms with Crippen LogP contribution in [0.1, 0.15) is 93.4 Å². The molecular formula is C30H53N5O8. The van der Waals surface area contributed by atoms with E-state index in [4.69, 9.17) is 0 Å². The van der Waals surface area contributed by atoms with Crippen LogP contribution in [-0.2, 0) is 28.8 Å². The van der Waals surface area contributed by atoms with Gasteiger partial charge >= 0.3 is 5.97 Å². The van der Waals surface area contributed by atoms with Crippen molar-refractivity contribution in [3.8, 4) is 0 Å². The zero-order valence-electron chi connectivity index (χ0n) is 26.8. The Morgan fingerprint density at radius 3 is 1.74 bits per heavy atom. The van der Waals surface area contributed by atoms with E-state index in [9.17, 15) is 39.0 Å². The van der Waals surface area contributed by atoms with E-state index in [0.29, 0.717) is 32.4 Å². The van der Waals surface area contributed by atoms with Crippen molar-refractivity contribution in [2.75, 3.05) is 19.7 Å². The largest absolute Gasteiger partial charge is 0.481 e. The Balaban J connectivity index is 3.27. The van der Waals surface area contributed by atoms with Crippen LogP contribution >= 0.6 is 0 Å². The number of carboxylic acid groups (broad SMARTS) is 1. The molecule has 1 aliphatic rings. The van der Waals surface area contributed by atoms with Gasteiger partial charge in [-0.05, 0) is 43.4 Å². The van der Waals surface area contributed by atoms with Crippen LogP contribution in [0.15, 0.2) is 0 Å². The number of likely N-dealkylation sites (tertiary alicyclic amines) is 1. The van der Waals surface area contributed by atoms with E-state index in [1.807, 2.05) is 27.7 Å². The molecule has 4 atom stereocenters. The molecule has 1 saturated heterocycles. The van der Waals surface area contributed by atoms with Gasteiger partial charge in [0, 0.05) is 19.0 Å². The predicted octanol–water partition coefficient (Wildman–Crippen LogP) is 0.934. The quantitative estimate of drug-likeness (QED) is 0.140. The number of nitrogens with zero attached hydrogens (tertiary/aromatic N) is 1. The molecule has 0 unspecified atom stereocenters. The molecule has 0 aromatic carbocycles. The Labute approximate surface area is 255 Å². The fraction of sp³-hybridized carbons (Fsp3) is 0.800. The van der Waals surface area contributed by atoms with Crippen molar-refractivity contribution in [1.82, 2.24) is 26.2 Å². The summed E-state index contributed by atoms with van der Waals surface area (Å²) in [5.41, 5.74) is -0.757. The molecule has 0 aliphatic carbocycles. The maximum absolute atomic E-state index is 13.6. The summed E-state index contributed by atoms with van der Waals surface area (Å²) < 4.78 is 0.